The zero-order valence-corrected chi connectivity index (χ0v) is 17.4. The lowest BCUT2D eigenvalue weighted by Crippen LogP contribution is -2.30. The molecule has 164 valence electrons. The molecule has 9 heteroatoms. The number of unbranched alkanes of at least 4 members (excludes halogenated alkanes) is 1. The van der Waals surface area contributed by atoms with E-state index in [1.807, 2.05) is 25.2 Å². The summed E-state index contributed by atoms with van der Waals surface area (Å²) in [5, 5.41) is 9.29. The first kappa shape index (κ1) is 22.2. The highest BCUT2D eigenvalue weighted by atomic mass is 16.9. The average Bonchev–Trinajstić information content (AvgIpc) is 2.98. The van der Waals surface area contributed by atoms with Gasteiger partial charge in [0.1, 0.15) is 12.4 Å². The zero-order chi connectivity index (χ0) is 22.2. The first-order chi connectivity index (χ1) is 15.0. The molecule has 0 atom stereocenters. The molecular weight excluding hydrogens is 402 g/mol. The lowest BCUT2D eigenvalue weighted by molar-refractivity contribution is -0.757. The van der Waals surface area contributed by atoms with Crippen molar-refractivity contribution in [2.24, 2.45) is 0 Å². The van der Waals surface area contributed by atoms with Gasteiger partial charge in [-0.3, -0.25) is 19.4 Å². The van der Waals surface area contributed by atoms with Crippen molar-refractivity contribution in [1.29, 1.82) is 0 Å². The van der Waals surface area contributed by atoms with Crippen LogP contribution in [0.15, 0.2) is 48.5 Å². The van der Waals surface area contributed by atoms with Crippen LogP contribution in [0.2, 0.25) is 0 Å². The molecule has 3 rings (SSSR count). The Morgan fingerprint density at radius 3 is 2.48 bits per heavy atom. The molecule has 0 bridgehead atoms. The summed E-state index contributed by atoms with van der Waals surface area (Å²) >= 11 is 0. The molecule has 0 unspecified atom stereocenters. The Bertz CT molecular complexity index is 934. The van der Waals surface area contributed by atoms with Crippen LogP contribution in [0.4, 0.5) is 0 Å². The lowest BCUT2D eigenvalue weighted by atomic mass is 10.1. The van der Waals surface area contributed by atoms with E-state index in [1.54, 1.807) is 18.2 Å². The number of amides is 2. The number of rotatable bonds is 12. The Hall–Kier alpha value is -3.46. The Labute approximate surface area is 180 Å². The molecule has 1 aliphatic heterocycles. The van der Waals surface area contributed by atoms with Crippen LogP contribution in [0.1, 0.15) is 39.1 Å². The lowest BCUT2D eigenvalue weighted by Gasteiger charge is -2.17. The quantitative estimate of drug-likeness (QED) is 0.222. The summed E-state index contributed by atoms with van der Waals surface area (Å²) < 4.78 is 5.79. The number of nitrogens with zero attached hydrogens (tertiary/aromatic N) is 3. The van der Waals surface area contributed by atoms with E-state index in [0.717, 1.165) is 11.4 Å². The molecule has 1 aliphatic rings. The maximum atomic E-state index is 12.6. The fourth-order valence-corrected chi connectivity index (χ4v) is 3.37. The van der Waals surface area contributed by atoms with Crippen LogP contribution in [0.25, 0.3) is 0 Å². The molecule has 0 saturated carbocycles. The number of benzene rings is 2. The van der Waals surface area contributed by atoms with Crippen LogP contribution in [-0.2, 0) is 11.4 Å². The van der Waals surface area contributed by atoms with Gasteiger partial charge in [-0.15, -0.1) is 10.1 Å². The van der Waals surface area contributed by atoms with E-state index in [9.17, 15) is 19.7 Å². The number of hydrogen-bond donors (Lipinski definition) is 0. The van der Waals surface area contributed by atoms with E-state index in [0.29, 0.717) is 42.9 Å². The fraction of sp³-hybridized carbons (Fsp3) is 0.364. The van der Waals surface area contributed by atoms with Crippen molar-refractivity contribution in [3.8, 4) is 5.75 Å². The van der Waals surface area contributed by atoms with E-state index < -0.39 is 5.09 Å². The van der Waals surface area contributed by atoms with E-state index in [1.165, 1.54) is 5.56 Å². The van der Waals surface area contributed by atoms with Crippen molar-refractivity contribution in [1.82, 2.24) is 9.80 Å². The highest BCUT2D eigenvalue weighted by Gasteiger charge is 2.35. The Kier molecular flexibility index (Phi) is 7.55. The number of imide groups is 1. The van der Waals surface area contributed by atoms with E-state index in [-0.39, 0.29) is 25.0 Å². The molecule has 2 aromatic rings. The second kappa shape index (κ2) is 10.5. The minimum absolute atomic E-state index is 0.0626. The minimum atomic E-state index is -0.858. The third-order valence-electron chi connectivity index (χ3n) is 4.95. The molecule has 1 heterocycles. The number of hydrogen-bond acceptors (Lipinski definition) is 7. The first-order valence-electron chi connectivity index (χ1n) is 10.1. The minimum Gasteiger partial charge on any atom is -0.492 e. The Morgan fingerprint density at radius 1 is 1.00 bits per heavy atom. The molecule has 2 amide bonds. The fourth-order valence-electron chi connectivity index (χ4n) is 3.37. The maximum Gasteiger partial charge on any atom is 0.294 e. The summed E-state index contributed by atoms with van der Waals surface area (Å²) in [4.78, 5) is 42.8. The van der Waals surface area contributed by atoms with Gasteiger partial charge >= 0.3 is 0 Å². The predicted molar refractivity (Wildman–Crippen MR) is 112 cm³/mol. The summed E-state index contributed by atoms with van der Waals surface area (Å²) in [7, 11) is 2.01. The summed E-state index contributed by atoms with van der Waals surface area (Å²) in [6, 6.07) is 15.0. The summed E-state index contributed by atoms with van der Waals surface area (Å²) in [5.41, 5.74) is 1.89. The number of likely N-dealkylation sites (N-methyl/N-ethyl adjacent to an activating group) is 1. The van der Waals surface area contributed by atoms with Crippen LogP contribution >= 0.6 is 0 Å². The van der Waals surface area contributed by atoms with Crippen molar-refractivity contribution < 1.29 is 24.3 Å². The van der Waals surface area contributed by atoms with Gasteiger partial charge in [0.05, 0.1) is 17.7 Å². The number of carbonyl (C=O) groups is 2. The van der Waals surface area contributed by atoms with Gasteiger partial charge in [-0.25, -0.2) is 0 Å². The smallest absolute Gasteiger partial charge is 0.294 e. The molecule has 31 heavy (non-hydrogen) atoms. The third-order valence-corrected chi connectivity index (χ3v) is 4.95. The van der Waals surface area contributed by atoms with E-state index >= 15 is 0 Å². The second-order valence-electron chi connectivity index (χ2n) is 7.31. The molecule has 0 N–H and O–H groups in total. The molecular formula is C22H25N3O6. The van der Waals surface area contributed by atoms with Crippen molar-refractivity contribution in [2.75, 3.05) is 33.4 Å². The molecule has 9 nitrogen and oxygen atoms in total. The van der Waals surface area contributed by atoms with Crippen molar-refractivity contribution in [3.63, 3.8) is 0 Å². The Morgan fingerprint density at radius 2 is 1.74 bits per heavy atom. The molecule has 0 radical (unpaired) electrons. The summed E-state index contributed by atoms with van der Waals surface area (Å²) in [6.45, 7) is 2.09. The molecule has 0 aromatic heterocycles. The summed E-state index contributed by atoms with van der Waals surface area (Å²) in [6.07, 6.45) is 0.801. The predicted octanol–water partition coefficient (Wildman–Crippen LogP) is 2.78. The molecule has 0 aliphatic carbocycles. The van der Waals surface area contributed by atoms with Crippen LogP contribution in [0.5, 0.6) is 5.75 Å². The third kappa shape index (κ3) is 6.02. The standard InChI is InChI=1S/C22H25N3O6/c1-23(16-17-7-3-2-4-8-17)12-14-30-18-9-10-19-20(15-18)22(27)24(21(19)26)11-5-6-13-31-25(28)29/h2-4,7-10,15H,5-6,11-14,16H2,1H3. The van der Waals surface area contributed by atoms with Gasteiger partial charge in [-0.1, -0.05) is 30.3 Å². The van der Waals surface area contributed by atoms with Gasteiger partial charge in [0, 0.05) is 19.6 Å². The van der Waals surface area contributed by atoms with Gasteiger partial charge in [0.15, 0.2) is 0 Å². The highest BCUT2D eigenvalue weighted by molar-refractivity contribution is 6.21. The number of fused-ring (bicyclic) bond motifs is 1. The average molecular weight is 427 g/mol. The zero-order valence-electron chi connectivity index (χ0n) is 17.4. The van der Waals surface area contributed by atoms with Gasteiger partial charge in [-0.05, 0) is 43.7 Å². The van der Waals surface area contributed by atoms with Crippen molar-refractivity contribution >= 4 is 11.8 Å². The largest absolute Gasteiger partial charge is 0.492 e. The Balaban J connectivity index is 1.48. The van der Waals surface area contributed by atoms with E-state index in [4.69, 9.17) is 4.74 Å². The summed E-state index contributed by atoms with van der Waals surface area (Å²) in [5.74, 6) is -0.194. The normalized spacial score (nSPS) is 12.9. The van der Waals surface area contributed by atoms with Gasteiger partial charge in [0.2, 0.25) is 0 Å². The monoisotopic (exact) mass is 427 g/mol. The van der Waals surface area contributed by atoms with Gasteiger partial charge in [0.25, 0.3) is 16.9 Å². The number of carbonyl (C=O) groups excluding carboxylic acids is 2. The SMILES string of the molecule is CN(CCOc1ccc2c(c1)C(=O)N(CCCCO[N+](=O)[O-])C2=O)Cc1ccccc1. The molecule has 0 spiro atoms. The van der Waals surface area contributed by atoms with Crippen LogP contribution < -0.4 is 4.74 Å². The van der Waals surface area contributed by atoms with Crippen LogP contribution in [-0.4, -0.2) is 60.1 Å². The van der Waals surface area contributed by atoms with E-state index in [2.05, 4.69) is 21.9 Å². The van der Waals surface area contributed by atoms with Crippen LogP contribution in [0, 0.1) is 10.1 Å². The van der Waals surface area contributed by atoms with Gasteiger partial charge in [-0.2, -0.15) is 0 Å². The van der Waals surface area contributed by atoms with Crippen LogP contribution in [0.3, 0.4) is 0 Å². The van der Waals surface area contributed by atoms with Crippen molar-refractivity contribution in [3.05, 3.63) is 75.3 Å². The number of ether oxygens (including phenoxy) is 1. The second-order valence-corrected chi connectivity index (χ2v) is 7.31. The molecule has 0 saturated heterocycles. The van der Waals surface area contributed by atoms with Gasteiger partial charge < -0.3 is 9.57 Å². The topological polar surface area (TPSA) is 102 Å². The highest BCUT2D eigenvalue weighted by Crippen LogP contribution is 2.27. The molecule has 2 aromatic carbocycles. The molecule has 0 fully saturated rings. The first-order valence-corrected chi connectivity index (χ1v) is 10.1. The maximum absolute atomic E-state index is 12.6. The van der Waals surface area contributed by atoms with Crippen molar-refractivity contribution in [2.45, 2.75) is 19.4 Å².